The Morgan fingerprint density at radius 1 is 1.14 bits per heavy atom. The van der Waals surface area contributed by atoms with Crippen LogP contribution in [0.3, 0.4) is 0 Å². The normalized spacial score (nSPS) is 13.8. The number of benzene rings is 2. The monoisotopic (exact) mass is 466 g/mol. The molecule has 150 valence electrons. The van der Waals surface area contributed by atoms with Gasteiger partial charge >= 0.3 is 0 Å². The first kappa shape index (κ1) is 20.3. The third-order valence-electron chi connectivity index (χ3n) is 4.15. The quantitative estimate of drug-likeness (QED) is 0.466. The summed E-state index contributed by atoms with van der Waals surface area (Å²) in [6.07, 6.45) is 0. The van der Waals surface area contributed by atoms with Crippen LogP contribution in [0.15, 0.2) is 46.7 Å². The zero-order valence-electron chi connectivity index (χ0n) is 15.3. The van der Waals surface area contributed by atoms with Gasteiger partial charge in [0.15, 0.2) is 16.6 Å². The highest BCUT2D eigenvalue weighted by atomic mass is 35.5. The van der Waals surface area contributed by atoms with Crippen molar-refractivity contribution in [2.24, 2.45) is 0 Å². The number of nitrogens with one attached hydrogen (secondary N) is 1. The Hall–Kier alpha value is -1.93. The molecule has 0 unspecified atom stereocenters. The smallest absolute Gasteiger partial charge is 0.239 e. The highest BCUT2D eigenvalue weighted by Gasteiger charge is 2.19. The molecule has 1 aliphatic heterocycles. The Morgan fingerprint density at radius 3 is 2.72 bits per heavy atom. The van der Waals surface area contributed by atoms with Gasteiger partial charge in [0.1, 0.15) is 13.2 Å². The van der Waals surface area contributed by atoms with E-state index in [1.54, 1.807) is 12.1 Å². The maximum Gasteiger partial charge on any atom is 0.239 e. The molecule has 0 saturated carbocycles. The SMILES string of the molecule is C[C@H](Sc1ccc2c(c1)OCCO2)C(=O)Nc1nc(-c2ccc(Cl)c(Cl)c2)cs1. The number of carbonyl (C=O) groups excluding carboxylic acids is 1. The number of hydrogen-bond acceptors (Lipinski definition) is 6. The number of amides is 1. The molecule has 1 aliphatic rings. The molecule has 3 aromatic rings. The largest absolute Gasteiger partial charge is 0.486 e. The number of thioether (sulfide) groups is 1. The number of rotatable bonds is 5. The van der Waals surface area contributed by atoms with Gasteiger partial charge in [0.2, 0.25) is 5.91 Å². The molecule has 1 N–H and O–H groups in total. The van der Waals surface area contributed by atoms with Gasteiger partial charge in [-0.1, -0.05) is 29.3 Å². The molecule has 0 radical (unpaired) electrons. The van der Waals surface area contributed by atoms with Crippen molar-refractivity contribution in [3.05, 3.63) is 51.8 Å². The van der Waals surface area contributed by atoms with Gasteiger partial charge in [-0.25, -0.2) is 4.98 Å². The molecule has 5 nitrogen and oxygen atoms in total. The average molecular weight is 467 g/mol. The fourth-order valence-corrected chi connectivity index (χ4v) is 4.60. The summed E-state index contributed by atoms with van der Waals surface area (Å²) in [7, 11) is 0. The average Bonchev–Trinajstić information content (AvgIpc) is 3.18. The maximum absolute atomic E-state index is 12.6. The molecular weight excluding hydrogens is 451 g/mol. The predicted octanol–water partition coefficient (Wildman–Crippen LogP) is 6.01. The van der Waals surface area contributed by atoms with E-state index in [2.05, 4.69) is 10.3 Å². The first-order chi connectivity index (χ1) is 14.0. The minimum absolute atomic E-state index is 0.125. The van der Waals surface area contributed by atoms with Gasteiger partial charge in [-0.2, -0.15) is 0 Å². The molecular formula is C20H16Cl2N2O3S2. The van der Waals surface area contributed by atoms with Crippen molar-refractivity contribution in [1.82, 2.24) is 4.98 Å². The lowest BCUT2D eigenvalue weighted by Gasteiger charge is -2.19. The van der Waals surface area contributed by atoms with Gasteiger partial charge in [0.25, 0.3) is 0 Å². The van der Waals surface area contributed by atoms with Crippen molar-refractivity contribution >= 4 is 57.3 Å². The van der Waals surface area contributed by atoms with Gasteiger partial charge < -0.3 is 14.8 Å². The van der Waals surface area contributed by atoms with Crippen molar-refractivity contribution in [3.8, 4) is 22.8 Å². The zero-order valence-corrected chi connectivity index (χ0v) is 18.4. The lowest BCUT2D eigenvalue weighted by molar-refractivity contribution is -0.115. The third-order valence-corrected chi connectivity index (χ3v) is 6.74. The number of fused-ring (bicyclic) bond motifs is 1. The Labute approximate surface area is 186 Å². The highest BCUT2D eigenvalue weighted by molar-refractivity contribution is 8.00. The van der Waals surface area contributed by atoms with Crippen molar-refractivity contribution in [1.29, 1.82) is 0 Å². The second-order valence-electron chi connectivity index (χ2n) is 6.22. The van der Waals surface area contributed by atoms with Crippen LogP contribution in [0.1, 0.15) is 6.92 Å². The van der Waals surface area contributed by atoms with E-state index >= 15 is 0 Å². The maximum atomic E-state index is 12.6. The number of hydrogen-bond donors (Lipinski definition) is 1. The molecule has 0 fully saturated rings. The van der Waals surface area contributed by atoms with Crippen LogP contribution in [0.4, 0.5) is 5.13 Å². The molecule has 2 aromatic carbocycles. The lowest BCUT2D eigenvalue weighted by Crippen LogP contribution is -2.22. The predicted molar refractivity (Wildman–Crippen MR) is 119 cm³/mol. The first-order valence-electron chi connectivity index (χ1n) is 8.78. The van der Waals surface area contributed by atoms with Crippen LogP contribution in [0, 0.1) is 0 Å². The molecule has 2 heterocycles. The number of carbonyl (C=O) groups is 1. The molecule has 29 heavy (non-hydrogen) atoms. The van der Waals surface area contributed by atoms with Crippen LogP contribution < -0.4 is 14.8 Å². The fourth-order valence-electron chi connectivity index (χ4n) is 2.68. The minimum Gasteiger partial charge on any atom is -0.486 e. The molecule has 9 heteroatoms. The fraction of sp³-hybridized carbons (Fsp3) is 0.200. The highest BCUT2D eigenvalue weighted by Crippen LogP contribution is 2.36. The van der Waals surface area contributed by atoms with E-state index in [0.717, 1.165) is 21.9 Å². The van der Waals surface area contributed by atoms with Crippen LogP contribution in [0.2, 0.25) is 10.0 Å². The van der Waals surface area contributed by atoms with Gasteiger partial charge in [-0.15, -0.1) is 23.1 Å². The summed E-state index contributed by atoms with van der Waals surface area (Å²) in [5.74, 6) is 1.32. The summed E-state index contributed by atoms with van der Waals surface area (Å²) in [6, 6.07) is 11.0. The third kappa shape index (κ3) is 4.80. The summed E-state index contributed by atoms with van der Waals surface area (Å²) in [4.78, 5) is 18.0. The topological polar surface area (TPSA) is 60.5 Å². The summed E-state index contributed by atoms with van der Waals surface area (Å²) >= 11 is 14.8. The zero-order chi connectivity index (χ0) is 20.4. The molecule has 4 rings (SSSR count). The summed E-state index contributed by atoms with van der Waals surface area (Å²) in [5, 5.41) is 5.92. The number of aromatic nitrogens is 1. The summed E-state index contributed by atoms with van der Waals surface area (Å²) in [6.45, 7) is 2.93. The Balaban J connectivity index is 1.40. The van der Waals surface area contributed by atoms with Crippen LogP contribution in [-0.2, 0) is 4.79 Å². The van der Waals surface area contributed by atoms with Crippen LogP contribution in [0.5, 0.6) is 11.5 Å². The second kappa shape index (κ2) is 8.83. The number of ether oxygens (including phenoxy) is 2. The lowest BCUT2D eigenvalue weighted by atomic mass is 10.2. The van der Waals surface area contributed by atoms with E-state index in [0.29, 0.717) is 34.1 Å². The van der Waals surface area contributed by atoms with E-state index < -0.39 is 0 Å². The molecule has 1 atom stereocenters. The van der Waals surface area contributed by atoms with Gasteiger partial charge in [0, 0.05) is 15.8 Å². The van der Waals surface area contributed by atoms with E-state index in [9.17, 15) is 4.79 Å². The summed E-state index contributed by atoms with van der Waals surface area (Å²) < 4.78 is 11.1. The number of nitrogens with zero attached hydrogens (tertiary/aromatic N) is 1. The molecule has 1 aromatic heterocycles. The van der Waals surface area contributed by atoms with E-state index in [4.69, 9.17) is 32.7 Å². The molecule has 0 bridgehead atoms. The van der Waals surface area contributed by atoms with Gasteiger partial charge in [0.05, 0.1) is 21.0 Å². The number of halogens is 2. The van der Waals surface area contributed by atoms with Gasteiger partial charge in [-0.3, -0.25) is 4.79 Å². The molecule has 0 spiro atoms. The summed E-state index contributed by atoms with van der Waals surface area (Å²) in [5.41, 5.74) is 1.57. The van der Waals surface area contributed by atoms with E-state index in [1.165, 1.54) is 23.1 Å². The number of thiazole rings is 1. The van der Waals surface area contributed by atoms with Crippen LogP contribution >= 0.6 is 46.3 Å². The van der Waals surface area contributed by atoms with Gasteiger partial charge in [-0.05, 0) is 37.3 Å². The first-order valence-corrected chi connectivity index (χ1v) is 11.3. The Morgan fingerprint density at radius 2 is 1.93 bits per heavy atom. The Bertz CT molecular complexity index is 1060. The number of anilines is 1. The Kier molecular flexibility index (Phi) is 6.20. The van der Waals surface area contributed by atoms with Crippen molar-refractivity contribution in [2.75, 3.05) is 18.5 Å². The molecule has 0 aliphatic carbocycles. The minimum atomic E-state index is -0.310. The van der Waals surface area contributed by atoms with Crippen molar-refractivity contribution < 1.29 is 14.3 Å². The second-order valence-corrected chi connectivity index (χ2v) is 9.31. The van der Waals surface area contributed by atoms with Crippen molar-refractivity contribution in [2.45, 2.75) is 17.1 Å². The molecule has 1 amide bonds. The van der Waals surface area contributed by atoms with Crippen LogP contribution in [-0.4, -0.2) is 29.4 Å². The van der Waals surface area contributed by atoms with E-state index in [-0.39, 0.29) is 11.2 Å². The molecule has 0 saturated heterocycles. The van der Waals surface area contributed by atoms with E-state index in [1.807, 2.05) is 36.6 Å². The van der Waals surface area contributed by atoms with Crippen molar-refractivity contribution in [3.63, 3.8) is 0 Å². The standard InChI is InChI=1S/C20H16Cl2N2O3S2/c1-11(29-13-3-5-17-18(9-13)27-7-6-26-17)19(25)24-20-23-16(10-28-20)12-2-4-14(21)15(22)8-12/h2-5,8-11H,6-7H2,1H3,(H,23,24,25)/t11-/m0/s1. The van der Waals surface area contributed by atoms with Crippen LogP contribution in [0.25, 0.3) is 11.3 Å².